The van der Waals surface area contributed by atoms with Crippen LogP contribution >= 0.6 is 23.1 Å². The number of nitrogens with zero attached hydrogens (tertiary/aromatic N) is 4. The van der Waals surface area contributed by atoms with Crippen LogP contribution < -0.4 is 4.90 Å². The molecular weight excluding hydrogens is 500 g/mol. The van der Waals surface area contributed by atoms with E-state index in [4.69, 9.17) is 16.6 Å². The van der Waals surface area contributed by atoms with Crippen molar-refractivity contribution >= 4 is 34.2 Å². The van der Waals surface area contributed by atoms with Gasteiger partial charge in [0.05, 0.1) is 6.54 Å². The first-order valence-corrected chi connectivity index (χ1v) is 13.9. The quantitative estimate of drug-likeness (QED) is 0.256. The molecule has 1 fully saturated rings. The van der Waals surface area contributed by atoms with Gasteiger partial charge in [-0.2, -0.15) is 4.37 Å². The zero-order valence-corrected chi connectivity index (χ0v) is 22.4. The van der Waals surface area contributed by atoms with Crippen molar-refractivity contribution in [2.45, 2.75) is 32.2 Å². The molecule has 1 amide bonds. The van der Waals surface area contributed by atoms with E-state index in [0.717, 1.165) is 54.4 Å². The average Bonchev–Trinajstić information content (AvgIpc) is 3.40. The molecule has 5 rings (SSSR count). The Kier molecular flexibility index (Phi) is 8.49. The first-order chi connectivity index (χ1) is 18.1. The van der Waals surface area contributed by atoms with Crippen LogP contribution in [0.1, 0.15) is 35.4 Å². The van der Waals surface area contributed by atoms with E-state index in [1.165, 1.54) is 17.1 Å². The number of benzene rings is 3. The van der Waals surface area contributed by atoms with E-state index < -0.39 is 0 Å². The van der Waals surface area contributed by atoms with E-state index >= 15 is 0 Å². The number of rotatable bonds is 9. The Labute approximate surface area is 227 Å². The Morgan fingerprint density at radius 1 is 0.892 bits per heavy atom. The van der Waals surface area contributed by atoms with Crippen molar-refractivity contribution in [2.24, 2.45) is 5.92 Å². The highest BCUT2D eigenvalue weighted by molar-refractivity contribution is 7.09. The van der Waals surface area contributed by atoms with Gasteiger partial charge in [0.1, 0.15) is 5.82 Å². The molecular formula is C30H31ClN4OS. The van der Waals surface area contributed by atoms with Crippen LogP contribution in [0.4, 0.5) is 5.13 Å². The van der Waals surface area contributed by atoms with Crippen molar-refractivity contribution < 1.29 is 4.79 Å². The Morgan fingerprint density at radius 3 is 2.22 bits per heavy atom. The molecule has 37 heavy (non-hydrogen) atoms. The van der Waals surface area contributed by atoms with E-state index in [9.17, 15) is 4.79 Å². The van der Waals surface area contributed by atoms with Crippen LogP contribution in [0.15, 0.2) is 84.9 Å². The van der Waals surface area contributed by atoms with Crippen molar-refractivity contribution in [3.8, 4) is 0 Å². The molecule has 0 N–H and O–H groups in total. The van der Waals surface area contributed by atoms with Crippen LogP contribution in [0.3, 0.4) is 0 Å². The molecule has 0 saturated carbocycles. The number of likely N-dealkylation sites (tertiary alicyclic amines) is 1. The van der Waals surface area contributed by atoms with Crippen LogP contribution in [-0.2, 0) is 24.2 Å². The number of hydrogen-bond donors (Lipinski definition) is 0. The summed E-state index contributed by atoms with van der Waals surface area (Å²) in [7, 11) is 0. The number of hydrogen-bond acceptors (Lipinski definition) is 5. The van der Waals surface area contributed by atoms with Gasteiger partial charge in [-0.3, -0.25) is 4.79 Å². The van der Waals surface area contributed by atoms with Crippen molar-refractivity contribution in [3.05, 3.63) is 112 Å². The van der Waals surface area contributed by atoms with Gasteiger partial charge in [0, 0.05) is 42.6 Å². The highest BCUT2D eigenvalue weighted by Gasteiger charge is 2.25. The molecule has 0 aliphatic carbocycles. The van der Waals surface area contributed by atoms with E-state index in [2.05, 4.69) is 51.7 Å². The number of anilines is 1. The molecule has 0 atom stereocenters. The Bertz CT molecular complexity index is 1270. The Hall–Kier alpha value is -3.22. The third-order valence-electron chi connectivity index (χ3n) is 6.88. The standard InChI is InChI=1S/C30H31ClN4OS/c31-27-13-11-24(12-14-27)20-28-32-30(37-33-28)35(21-26-9-5-2-6-10-26)22-29(36)34-17-15-25(16-18-34)19-23-7-3-1-4-8-23/h1-14,25H,15-22H2. The van der Waals surface area contributed by atoms with Gasteiger partial charge in [0.2, 0.25) is 11.0 Å². The molecule has 7 heteroatoms. The van der Waals surface area contributed by atoms with E-state index in [0.29, 0.717) is 30.5 Å². The summed E-state index contributed by atoms with van der Waals surface area (Å²) in [6.45, 7) is 2.54. The van der Waals surface area contributed by atoms with Gasteiger partial charge < -0.3 is 9.80 Å². The molecule has 2 heterocycles. The maximum absolute atomic E-state index is 13.4. The molecule has 4 aromatic rings. The molecule has 0 unspecified atom stereocenters. The topological polar surface area (TPSA) is 49.3 Å². The highest BCUT2D eigenvalue weighted by Crippen LogP contribution is 2.24. The van der Waals surface area contributed by atoms with Gasteiger partial charge in [-0.25, -0.2) is 4.98 Å². The van der Waals surface area contributed by atoms with Gasteiger partial charge in [-0.15, -0.1) is 0 Å². The predicted molar refractivity (Wildman–Crippen MR) is 151 cm³/mol. The van der Waals surface area contributed by atoms with Gasteiger partial charge in [0.15, 0.2) is 0 Å². The van der Waals surface area contributed by atoms with Gasteiger partial charge in [0.25, 0.3) is 0 Å². The molecule has 1 saturated heterocycles. The maximum Gasteiger partial charge on any atom is 0.242 e. The molecule has 0 radical (unpaired) electrons. The Balaban J connectivity index is 1.23. The summed E-state index contributed by atoms with van der Waals surface area (Å²) in [5.41, 5.74) is 3.64. The molecule has 3 aromatic carbocycles. The van der Waals surface area contributed by atoms with E-state index in [-0.39, 0.29) is 5.91 Å². The lowest BCUT2D eigenvalue weighted by Gasteiger charge is -2.33. The third-order valence-corrected chi connectivity index (χ3v) is 7.95. The molecule has 0 spiro atoms. The average molecular weight is 531 g/mol. The first kappa shape index (κ1) is 25.4. The van der Waals surface area contributed by atoms with Gasteiger partial charge >= 0.3 is 0 Å². The second-order valence-corrected chi connectivity index (χ2v) is 10.8. The maximum atomic E-state index is 13.4. The number of piperidine rings is 1. The summed E-state index contributed by atoms with van der Waals surface area (Å²) in [5.74, 6) is 1.54. The largest absolute Gasteiger partial charge is 0.341 e. The van der Waals surface area contributed by atoms with Crippen LogP contribution in [0, 0.1) is 5.92 Å². The number of aromatic nitrogens is 2. The fourth-order valence-electron chi connectivity index (χ4n) is 4.82. The fraction of sp³-hybridized carbons (Fsp3) is 0.300. The number of amides is 1. The second kappa shape index (κ2) is 12.3. The molecule has 0 bridgehead atoms. The molecule has 1 aliphatic heterocycles. The minimum absolute atomic E-state index is 0.156. The zero-order chi connectivity index (χ0) is 25.5. The van der Waals surface area contributed by atoms with Crippen LogP contribution in [-0.4, -0.2) is 39.8 Å². The van der Waals surface area contributed by atoms with E-state index in [1.807, 2.05) is 47.4 Å². The summed E-state index contributed by atoms with van der Waals surface area (Å²) >= 11 is 7.38. The molecule has 5 nitrogen and oxygen atoms in total. The van der Waals surface area contributed by atoms with Crippen molar-refractivity contribution in [3.63, 3.8) is 0 Å². The predicted octanol–water partition coefficient (Wildman–Crippen LogP) is 6.27. The normalized spacial score (nSPS) is 14.0. The van der Waals surface area contributed by atoms with Crippen LogP contribution in [0.25, 0.3) is 0 Å². The number of halogens is 1. The molecule has 190 valence electrons. The SMILES string of the molecule is O=C(CN(Cc1ccccc1)c1nc(Cc2ccc(Cl)cc2)ns1)N1CCC(Cc2ccccc2)CC1. The second-order valence-electron chi connectivity index (χ2n) is 9.65. The zero-order valence-electron chi connectivity index (χ0n) is 20.8. The van der Waals surface area contributed by atoms with E-state index in [1.54, 1.807) is 0 Å². The molecule has 1 aliphatic rings. The van der Waals surface area contributed by atoms with Crippen molar-refractivity contribution in [1.29, 1.82) is 0 Å². The lowest BCUT2D eigenvalue weighted by molar-refractivity contribution is -0.131. The summed E-state index contributed by atoms with van der Waals surface area (Å²) in [6.07, 6.45) is 3.81. The first-order valence-electron chi connectivity index (χ1n) is 12.8. The smallest absolute Gasteiger partial charge is 0.242 e. The van der Waals surface area contributed by atoms with Crippen LogP contribution in [0.2, 0.25) is 5.02 Å². The summed E-state index contributed by atoms with van der Waals surface area (Å²) < 4.78 is 4.60. The van der Waals surface area contributed by atoms with Crippen molar-refractivity contribution in [1.82, 2.24) is 14.3 Å². The molecule has 1 aromatic heterocycles. The highest BCUT2D eigenvalue weighted by atomic mass is 35.5. The minimum Gasteiger partial charge on any atom is -0.341 e. The van der Waals surface area contributed by atoms with Gasteiger partial charge in [-0.1, -0.05) is 84.4 Å². The van der Waals surface area contributed by atoms with Gasteiger partial charge in [-0.05, 0) is 54.0 Å². The number of carbonyl (C=O) groups is 1. The van der Waals surface area contributed by atoms with Crippen molar-refractivity contribution in [2.75, 3.05) is 24.5 Å². The lowest BCUT2D eigenvalue weighted by Crippen LogP contribution is -2.44. The lowest BCUT2D eigenvalue weighted by atomic mass is 9.90. The fourth-order valence-corrected chi connectivity index (χ4v) is 5.63. The Morgan fingerprint density at radius 2 is 1.54 bits per heavy atom. The van der Waals surface area contributed by atoms with Crippen LogP contribution in [0.5, 0.6) is 0 Å². The third kappa shape index (κ3) is 7.18. The summed E-state index contributed by atoms with van der Waals surface area (Å²) in [6, 6.07) is 28.6. The monoisotopic (exact) mass is 530 g/mol. The number of carbonyl (C=O) groups excluding carboxylic acids is 1. The minimum atomic E-state index is 0.156. The summed E-state index contributed by atoms with van der Waals surface area (Å²) in [4.78, 5) is 22.3. The summed E-state index contributed by atoms with van der Waals surface area (Å²) in [5, 5.41) is 1.49.